The standard InChI is InChI=1S/C24H15F3N4OS/c25-24(26,27)16-11-18(13-6-2-1-3-7-13)31-23-19(16)20(28)21(33-23)22(32)30-15-10-14-8-4-5-9-17(14)29-12-15/h1-12H,28H2,(H,30,32). The lowest BCUT2D eigenvalue weighted by Gasteiger charge is -2.11. The molecule has 33 heavy (non-hydrogen) atoms. The molecular weight excluding hydrogens is 449 g/mol. The van der Waals surface area contributed by atoms with Gasteiger partial charge in [0, 0.05) is 16.3 Å². The number of nitrogen functional groups attached to an aromatic ring is 1. The molecule has 0 aliphatic heterocycles. The summed E-state index contributed by atoms with van der Waals surface area (Å²) >= 11 is 0.825. The molecule has 5 nitrogen and oxygen atoms in total. The molecule has 0 radical (unpaired) electrons. The summed E-state index contributed by atoms with van der Waals surface area (Å²) in [5.74, 6) is -0.623. The third-order valence-corrected chi connectivity index (χ3v) is 6.23. The first-order valence-electron chi connectivity index (χ1n) is 9.83. The highest BCUT2D eigenvalue weighted by Gasteiger charge is 2.36. The Morgan fingerprint density at radius 3 is 2.48 bits per heavy atom. The van der Waals surface area contributed by atoms with E-state index < -0.39 is 17.6 Å². The number of alkyl halides is 3. The largest absolute Gasteiger partial charge is 0.417 e. The van der Waals surface area contributed by atoms with Crippen LogP contribution >= 0.6 is 11.3 Å². The zero-order chi connectivity index (χ0) is 23.2. The molecule has 0 aliphatic rings. The Kier molecular flexibility index (Phi) is 4.98. The van der Waals surface area contributed by atoms with Crippen LogP contribution in [0.1, 0.15) is 15.2 Å². The highest BCUT2D eigenvalue weighted by molar-refractivity contribution is 7.21. The van der Waals surface area contributed by atoms with E-state index in [1.807, 2.05) is 24.3 Å². The van der Waals surface area contributed by atoms with Crippen LogP contribution in [0, 0.1) is 0 Å². The number of nitrogens with one attached hydrogen (secondary N) is 1. The second-order valence-corrected chi connectivity index (χ2v) is 8.31. The molecule has 3 heterocycles. The normalized spacial score (nSPS) is 11.7. The molecule has 9 heteroatoms. The number of amides is 1. The number of aromatic nitrogens is 2. The number of hydrogen-bond acceptors (Lipinski definition) is 5. The van der Waals surface area contributed by atoms with Crippen LogP contribution in [0.5, 0.6) is 0 Å². The topological polar surface area (TPSA) is 80.9 Å². The van der Waals surface area contributed by atoms with Gasteiger partial charge in [-0.15, -0.1) is 11.3 Å². The monoisotopic (exact) mass is 464 g/mol. The quantitative estimate of drug-likeness (QED) is 0.325. The molecule has 0 unspecified atom stereocenters. The molecule has 5 rings (SSSR count). The second kappa shape index (κ2) is 7.86. The molecule has 0 atom stereocenters. The predicted molar refractivity (Wildman–Crippen MR) is 124 cm³/mol. The summed E-state index contributed by atoms with van der Waals surface area (Å²) in [6.45, 7) is 0. The van der Waals surface area contributed by atoms with Gasteiger partial charge in [-0.25, -0.2) is 4.98 Å². The number of halogens is 3. The van der Waals surface area contributed by atoms with Crippen molar-refractivity contribution in [2.24, 2.45) is 0 Å². The molecule has 0 bridgehead atoms. The molecule has 1 amide bonds. The van der Waals surface area contributed by atoms with E-state index in [9.17, 15) is 18.0 Å². The Bertz CT molecular complexity index is 1510. The van der Waals surface area contributed by atoms with Crippen molar-refractivity contribution in [3.05, 3.63) is 83.4 Å². The summed E-state index contributed by atoms with van der Waals surface area (Å²) in [5, 5.41) is 3.22. The van der Waals surface area contributed by atoms with Gasteiger partial charge in [0.2, 0.25) is 0 Å². The summed E-state index contributed by atoms with van der Waals surface area (Å²) < 4.78 is 41.7. The fourth-order valence-electron chi connectivity index (χ4n) is 3.60. The van der Waals surface area contributed by atoms with Crippen LogP contribution in [0.25, 0.3) is 32.4 Å². The highest BCUT2D eigenvalue weighted by atomic mass is 32.1. The Labute approximate surface area is 189 Å². The Balaban J connectivity index is 1.59. The van der Waals surface area contributed by atoms with Gasteiger partial charge in [-0.3, -0.25) is 9.78 Å². The molecule has 0 aliphatic carbocycles. The van der Waals surface area contributed by atoms with Crippen molar-refractivity contribution >= 4 is 49.7 Å². The molecule has 3 aromatic heterocycles. The van der Waals surface area contributed by atoms with Crippen molar-refractivity contribution < 1.29 is 18.0 Å². The van der Waals surface area contributed by atoms with Gasteiger partial charge in [0.1, 0.15) is 9.71 Å². The number of pyridine rings is 2. The number of carbonyl (C=O) groups is 1. The minimum Gasteiger partial charge on any atom is -0.397 e. The van der Waals surface area contributed by atoms with E-state index >= 15 is 0 Å². The lowest BCUT2D eigenvalue weighted by molar-refractivity contribution is -0.136. The van der Waals surface area contributed by atoms with E-state index in [0.29, 0.717) is 11.3 Å². The molecule has 0 saturated heterocycles. The SMILES string of the molecule is Nc1c(C(=O)Nc2cnc3ccccc3c2)sc2nc(-c3ccccc3)cc(C(F)(F)F)c12. The Morgan fingerprint density at radius 1 is 1.00 bits per heavy atom. The van der Waals surface area contributed by atoms with Gasteiger partial charge < -0.3 is 11.1 Å². The van der Waals surface area contributed by atoms with Crippen LogP contribution in [0.4, 0.5) is 24.5 Å². The summed E-state index contributed by atoms with van der Waals surface area (Å²) in [4.78, 5) is 21.6. The first kappa shape index (κ1) is 20.9. The van der Waals surface area contributed by atoms with Crippen molar-refractivity contribution in [3.8, 4) is 11.3 Å². The molecule has 164 valence electrons. The van der Waals surface area contributed by atoms with Crippen molar-refractivity contribution in [3.63, 3.8) is 0 Å². The highest BCUT2D eigenvalue weighted by Crippen LogP contribution is 2.43. The lowest BCUT2D eigenvalue weighted by atomic mass is 10.1. The number of benzene rings is 2. The van der Waals surface area contributed by atoms with E-state index in [2.05, 4.69) is 15.3 Å². The van der Waals surface area contributed by atoms with Gasteiger partial charge in [-0.1, -0.05) is 48.5 Å². The van der Waals surface area contributed by atoms with Crippen molar-refractivity contribution in [2.45, 2.75) is 6.18 Å². The zero-order valence-electron chi connectivity index (χ0n) is 16.9. The molecular formula is C24H15F3N4OS. The number of anilines is 2. The van der Waals surface area contributed by atoms with E-state index in [1.165, 1.54) is 6.20 Å². The summed E-state index contributed by atoms with van der Waals surface area (Å²) in [6.07, 6.45) is -3.19. The van der Waals surface area contributed by atoms with Gasteiger partial charge in [-0.05, 0) is 18.2 Å². The third kappa shape index (κ3) is 3.87. The maximum absolute atomic E-state index is 13.9. The molecule has 5 aromatic rings. The number of thiophene rings is 1. The number of fused-ring (bicyclic) bond motifs is 2. The number of hydrogen-bond donors (Lipinski definition) is 2. The molecule has 0 saturated carbocycles. The fourth-order valence-corrected chi connectivity index (χ4v) is 4.61. The van der Waals surface area contributed by atoms with E-state index in [1.54, 1.807) is 36.4 Å². The summed E-state index contributed by atoms with van der Waals surface area (Å²) in [7, 11) is 0. The minimum atomic E-state index is -4.67. The second-order valence-electron chi connectivity index (χ2n) is 7.31. The molecule has 0 fully saturated rings. The maximum Gasteiger partial charge on any atom is 0.417 e. The zero-order valence-corrected chi connectivity index (χ0v) is 17.7. The average molecular weight is 464 g/mol. The first-order chi connectivity index (χ1) is 15.8. The van der Waals surface area contributed by atoms with Crippen molar-refractivity contribution in [1.82, 2.24) is 9.97 Å². The van der Waals surface area contributed by atoms with Crippen LogP contribution in [-0.2, 0) is 6.18 Å². The predicted octanol–water partition coefficient (Wildman–Crippen LogP) is 6.36. The molecule has 3 N–H and O–H groups in total. The van der Waals surface area contributed by atoms with Crippen LogP contribution in [0.2, 0.25) is 0 Å². The van der Waals surface area contributed by atoms with Crippen molar-refractivity contribution in [2.75, 3.05) is 11.1 Å². The van der Waals surface area contributed by atoms with Crippen LogP contribution in [0.15, 0.2) is 72.9 Å². The maximum atomic E-state index is 13.9. The van der Waals surface area contributed by atoms with Gasteiger partial charge in [-0.2, -0.15) is 13.2 Å². The number of nitrogens with two attached hydrogens (primary N) is 1. The fraction of sp³-hybridized carbons (Fsp3) is 0.0417. The molecule has 2 aromatic carbocycles. The third-order valence-electron chi connectivity index (χ3n) is 5.13. The number of carbonyl (C=O) groups excluding carboxylic acids is 1. The number of nitrogens with zero attached hydrogens (tertiary/aromatic N) is 2. The number of para-hydroxylation sites is 1. The van der Waals surface area contributed by atoms with Gasteiger partial charge >= 0.3 is 6.18 Å². The first-order valence-corrected chi connectivity index (χ1v) is 10.6. The van der Waals surface area contributed by atoms with Gasteiger partial charge in [0.15, 0.2) is 0 Å². The average Bonchev–Trinajstić information content (AvgIpc) is 3.15. The van der Waals surface area contributed by atoms with Crippen LogP contribution < -0.4 is 11.1 Å². The van der Waals surface area contributed by atoms with E-state index in [0.717, 1.165) is 28.3 Å². The summed E-state index contributed by atoms with van der Waals surface area (Å²) in [5.41, 5.74) is 6.74. The van der Waals surface area contributed by atoms with E-state index in [-0.39, 0.29) is 26.5 Å². The minimum absolute atomic E-state index is 0.0404. The van der Waals surface area contributed by atoms with E-state index in [4.69, 9.17) is 5.73 Å². The Hall–Kier alpha value is -3.98. The smallest absolute Gasteiger partial charge is 0.397 e. The van der Waals surface area contributed by atoms with Crippen LogP contribution in [-0.4, -0.2) is 15.9 Å². The summed E-state index contributed by atoms with van der Waals surface area (Å²) in [6, 6.07) is 18.6. The Morgan fingerprint density at radius 2 is 1.73 bits per heavy atom. The number of rotatable bonds is 3. The van der Waals surface area contributed by atoms with Crippen molar-refractivity contribution in [1.29, 1.82) is 0 Å². The lowest BCUT2D eigenvalue weighted by Crippen LogP contribution is -2.12. The molecule has 0 spiro atoms. The van der Waals surface area contributed by atoms with Gasteiger partial charge in [0.05, 0.1) is 34.3 Å². The van der Waals surface area contributed by atoms with Crippen LogP contribution in [0.3, 0.4) is 0 Å². The van der Waals surface area contributed by atoms with Gasteiger partial charge in [0.25, 0.3) is 5.91 Å².